The van der Waals surface area contributed by atoms with E-state index in [1.54, 1.807) is 44.4 Å². The topological polar surface area (TPSA) is 116 Å². The van der Waals surface area contributed by atoms with Gasteiger partial charge in [0.1, 0.15) is 23.6 Å². The second kappa shape index (κ2) is 10.7. The molecule has 5 rings (SSSR count). The van der Waals surface area contributed by atoms with Gasteiger partial charge in [0.15, 0.2) is 5.82 Å². The number of hydrogen-bond acceptors (Lipinski definition) is 9. The number of nitrogens with zero attached hydrogens (tertiary/aromatic N) is 5. The summed E-state index contributed by atoms with van der Waals surface area (Å²) in [7, 11) is 3.16. The number of anilines is 3. The number of carbonyl (C=O) groups is 1. The fourth-order valence-electron chi connectivity index (χ4n) is 3.80. The van der Waals surface area contributed by atoms with Crippen LogP contribution in [-0.2, 0) is 6.54 Å². The predicted molar refractivity (Wildman–Crippen MR) is 151 cm³/mol. The van der Waals surface area contributed by atoms with Gasteiger partial charge in [-0.2, -0.15) is 0 Å². The number of nitrogens with one attached hydrogen (secondary N) is 2. The van der Waals surface area contributed by atoms with Crippen LogP contribution in [-0.4, -0.2) is 44.6 Å². The molecule has 1 amide bonds. The van der Waals surface area contributed by atoms with E-state index in [1.165, 1.54) is 17.7 Å². The normalized spacial score (nSPS) is 10.9. The SMILES string of the molecule is COc1cc(OC)c(I)c(NC(=O)c2csc3c(Nc4ccc(Cn5ccnc5)cn4)ncnc23)c1C. The van der Waals surface area contributed by atoms with Gasteiger partial charge in [0.25, 0.3) is 5.91 Å². The summed E-state index contributed by atoms with van der Waals surface area (Å²) in [5, 5.41) is 8.04. The van der Waals surface area contributed by atoms with Gasteiger partial charge >= 0.3 is 0 Å². The zero-order valence-electron chi connectivity index (χ0n) is 20.2. The molecule has 188 valence electrons. The molecule has 4 heterocycles. The Bertz CT molecular complexity index is 1540. The highest BCUT2D eigenvalue weighted by Gasteiger charge is 2.21. The summed E-state index contributed by atoms with van der Waals surface area (Å²) >= 11 is 3.55. The molecule has 5 aromatic rings. The molecule has 10 nitrogen and oxygen atoms in total. The second-order valence-electron chi connectivity index (χ2n) is 8.01. The van der Waals surface area contributed by atoms with Gasteiger partial charge in [0, 0.05) is 42.1 Å². The molecule has 12 heteroatoms. The van der Waals surface area contributed by atoms with E-state index < -0.39 is 0 Å². The van der Waals surface area contributed by atoms with Crippen molar-refractivity contribution in [2.75, 3.05) is 24.9 Å². The quantitative estimate of drug-likeness (QED) is 0.224. The number of pyridine rings is 1. The maximum Gasteiger partial charge on any atom is 0.258 e. The number of rotatable bonds is 8. The first kappa shape index (κ1) is 24.9. The van der Waals surface area contributed by atoms with Crippen molar-refractivity contribution in [3.63, 3.8) is 0 Å². The van der Waals surface area contributed by atoms with Crippen LogP contribution in [0, 0.1) is 10.5 Å². The summed E-state index contributed by atoms with van der Waals surface area (Å²) < 4.78 is 14.4. The Morgan fingerprint density at radius 1 is 1.16 bits per heavy atom. The lowest BCUT2D eigenvalue weighted by atomic mass is 10.1. The fraction of sp³-hybridized carbons (Fsp3) is 0.160. The molecule has 0 aliphatic heterocycles. The summed E-state index contributed by atoms with van der Waals surface area (Å²) in [6, 6.07) is 5.69. The molecule has 1 aromatic carbocycles. The van der Waals surface area contributed by atoms with Crippen LogP contribution < -0.4 is 20.1 Å². The molecule has 0 saturated heterocycles. The van der Waals surface area contributed by atoms with Gasteiger partial charge in [-0.05, 0) is 41.1 Å². The number of halogens is 1. The average Bonchev–Trinajstić information content (AvgIpc) is 3.58. The number of carbonyl (C=O) groups excluding carboxylic acids is 1. The third kappa shape index (κ3) is 5.06. The molecule has 0 radical (unpaired) electrons. The Labute approximate surface area is 230 Å². The summed E-state index contributed by atoms with van der Waals surface area (Å²) in [6.07, 6.45) is 8.66. The van der Waals surface area contributed by atoms with E-state index in [-0.39, 0.29) is 5.91 Å². The van der Waals surface area contributed by atoms with Crippen LogP contribution in [0.1, 0.15) is 21.5 Å². The van der Waals surface area contributed by atoms with E-state index >= 15 is 0 Å². The molecular formula is C25H22IN7O3S. The standard InChI is InChI=1S/C25H22IN7O3S/c1-14-17(35-2)8-18(36-3)20(26)21(14)32-25(34)16-11-37-23-22(16)29-12-30-24(23)31-19-5-4-15(9-28-19)10-33-7-6-27-13-33/h4-9,11-13H,10H2,1-3H3,(H,32,34)(H,28,29,30,31). The van der Waals surface area contributed by atoms with E-state index in [1.807, 2.05) is 29.8 Å². The fourth-order valence-corrected chi connectivity index (χ4v) is 5.66. The van der Waals surface area contributed by atoms with Gasteiger partial charge in [-0.1, -0.05) is 6.07 Å². The predicted octanol–water partition coefficient (Wildman–Crippen LogP) is 5.26. The van der Waals surface area contributed by atoms with Gasteiger partial charge in [-0.25, -0.2) is 19.9 Å². The molecular weight excluding hydrogens is 605 g/mol. The number of fused-ring (bicyclic) bond motifs is 1. The van der Waals surface area contributed by atoms with Gasteiger partial charge in [0.2, 0.25) is 0 Å². The van der Waals surface area contributed by atoms with Crippen molar-refractivity contribution in [3.8, 4) is 11.5 Å². The third-order valence-corrected chi connectivity index (χ3v) is 7.76. The maximum atomic E-state index is 13.3. The van der Waals surface area contributed by atoms with Crippen LogP contribution in [0.15, 0.2) is 54.8 Å². The van der Waals surface area contributed by atoms with Crippen LogP contribution in [0.25, 0.3) is 10.2 Å². The largest absolute Gasteiger partial charge is 0.496 e. The van der Waals surface area contributed by atoms with Gasteiger partial charge in [-0.15, -0.1) is 11.3 Å². The van der Waals surface area contributed by atoms with Crippen LogP contribution in [0.2, 0.25) is 0 Å². The van der Waals surface area contributed by atoms with E-state index in [9.17, 15) is 4.79 Å². The minimum Gasteiger partial charge on any atom is -0.496 e. The molecule has 0 aliphatic rings. The molecule has 4 aromatic heterocycles. The summed E-state index contributed by atoms with van der Waals surface area (Å²) in [6.45, 7) is 2.58. The highest BCUT2D eigenvalue weighted by molar-refractivity contribution is 14.1. The van der Waals surface area contributed by atoms with Crippen LogP contribution in [0.3, 0.4) is 0 Å². The van der Waals surface area contributed by atoms with E-state index in [2.05, 4.69) is 53.2 Å². The van der Waals surface area contributed by atoms with Crippen LogP contribution in [0.4, 0.5) is 17.3 Å². The van der Waals surface area contributed by atoms with Crippen LogP contribution in [0.5, 0.6) is 11.5 Å². The Morgan fingerprint density at radius 2 is 2.00 bits per heavy atom. The number of ether oxygens (including phenoxy) is 2. The van der Waals surface area contributed by atoms with Crippen molar-refractivity contribution in [3.05, 3.63) is 75.1 Å². The Balaban J connectivity index is 1.39. The van der Waals surface area contributed by atoms with E-state index in [4.69, 9.17) is 9.47 Å². The second-order valence-corrected chi connectivity index (χ2v) is 9.97. The summed E-state index contributed by atoms with van der Waals surface area (Å²) in [5.74, 6) is 2.18. The lowest BCUT2D eigenvalue weighted by Gasteiger charge is -2.16. The molecule has 0 bridgehead atoms. The first-order valence-corrected chi connectivity index (χ1v) is 13.1. The number of amides is 1. The van der Waals surface area contributed by atoms with Crippen molar-refractivity contribution in [1.29, 1.82) is 0 Å². The number of hydrogen-bond donors (Lipinski definition) is 2. The Kier molecular flexibility index (Phi) is 7.19. The summed E-state index contributed by atoms with van der Waals surface area (Å²) in [5.41, 5.74) is 3.49. The molecule has 0 fully saturated rings. The zero-order valence-corrected chi connectivity index (χ0v) is 23.1. The molecule has 0 unspecified atom stereocenters. The highest BCUT2D eigenvalue weighted by atomic mass is 127. The third-order valence-electron chi connectivity index (χ3n) is 5.71. The zero-order chi connectivity index (χ0) is 25.9. The smallest absolute Gasteiger partial charge is 0.258 e. The maximum absolute atomic E-state index is 13.3. The van der Waals surface area contributed by atoms with Crippen molar-refractivity contribution in [2.24, 2.45) is 0 Å². The summed E-state index contributed by atoms with van der Waals surface area (Å²) in [4.78, 5) is 30.7. The number of methoxy groups -OCH3 is 2. The number of imidazole rings is 1. The lowest BCUT2D eigenvalue weighted by Crippen LogP contribution is -2.14. The van der Waals surface area contributed by atoms with Gasteiger partial charge < -0.3 is 24.7 Å². The Hall–Kier alpha value is -3.78. The van der Waals surface area contributed by atoms with E-state index in [0.29, 0.717) is 46.4 Å². The molecule has 0 aliphatic carbocycles. The number of benzene rings is 1. The molecule has 37 heavy (non-hydrogen) atoms. The minimum atomic E-state index is -0.283. The molecule has 0 spiro atoms. The minimum absolute atomic E-state index is 0.283. The Morgan fingerprint density at radius 3 is 2.70 bits per heavy atom. The lowest BCUT2D eigenvalue weighted by molar-refractivity contribution is 0.102. The average molecular weight is 627 g/mol. The van der Waals surface area contributed by atoms with Gasteiger partial charge in [0.05, 0.1) is 45.6 Å². The van der Waals surface area contributed by atoms with Crippen molar-refractivity contribution in [2.45, 2.75) is 13.5 Å². The monoisotopic (exact) mass is 627 g/mol. The van der Waals surface area contributed by atoms with Crippen molar-refractivity contribution in [1.82, 2.24) is 24.5 Å². The van der Waals surface area contributed by atoms with Crippen molar-refractivity contribution < 1.29 is 14.3 Å². The number of thiophene rings is 1. The van der Waals surface area contributed by atoms with E-state index in [0.717, 1.165) is 19.4 Å². The number of aromatic nitrogens is 5. The first-order chi connectivity index (χ1) is 18.0. The molecule has 0 saturated carbocycles. The van der Waals surface area contributed by atoms with Crippen LogP contribution >= 0.6 is 33.9 Å². The van der Waals surface area contributed by atoms with Gasteiger partial charge in [-0.3, -0.25) is 4.79 Å². The molecule has 2 N–H and O–H groups in total. The van der Waals surface area contributed by atoms with Crippen molar-refractivity contribution >= 4 is 67.4 Å². The highest BCUT2D eigenvalue weighted by Crippen LogP contribution is 2.38. The molecule has 0 atom stereocenters. The first-order valence-electron chi connectivity index (χ1n) is 11.1.